The minimum Gasteiger partial charge on any atom is -0.497 e. The van der Waals surface area contributed by atoms with Gasteiger partial charge < -0.3 is 19.3 Å². The lowest BCUT2D eigenvalue weighted by molar-refractivity contribution is 0.0527. The molecule has 0 atom stereocenters. The number of esters is 1. The number of carbonyl (C=O) groups is 2. The molecule has 1 aliphatic carbocycles. The third-order valence-electron chi connectivity index (χ3n) is 4.75. The highest BCUT2D eigenvalue weighted by Crippen LogP contribution is 2.39. The molecule has 1 aromatic carbocycles. The van der Waals surface area contributed by atoms with Crippen molar-refractivity contribution in [3.8, 4) is 17.1 Å². The topological polar surface area (TPSA) is 90.7 Å². The van der Waals surface area contributed by atoms with E-state index in [1.165, 1.54) is 11.3 Å². The number of nitrogens with one attached hydrogen (secondary N) is 1. The minimum atomic E-state index is -0.431. The van der Waals surface area contributed by atoms with Gasteiger partial charge in [-0.25, -0.2) is 4.79 Å². The zero-order chi connectivity index (χ0) is 20.4. The molecule has 0 fully saturated rings. The van der Waals surface area contributed by atoms with Gasteiger partial charge in [0, 0.05) is 16.5 Å². The van der Waals surface area contributed by atoms with E-state index >= 15 is 0 Å². The van der Waals surface area contributed by atoms with Gasteiger partial charge in [0.1, 0.15) is 10.8 Å². The lowest BCUT2D eigenvalue weighted by atomic mass is 10.1. The number of aryl methyl sites for hydroxylation is 1. The Morgan fingerprint density at radius 3 is 2.76 bits per heavy atom. The number of rotatable bonds is 6. The number of ether oxygens (including phenoxy) is 2. The molecule has 1 aliphatic rings. The number of hydrogen-bond donors (Lipinski definition) is 1. The highest BCUT2D eigenvalue weighted by molar-refractivity contribution is 7.17. The zero-order valence-corrected chi connectivity index (χ0v) is 16.9. The molecule has 0 bridgehead atoms. The van der Waals surface area contributed by atoms with Gasteiger partial charge in [-0.15, -0.1) is 11.3 Å². The summed E-state index contributed by atoms with van der Waals surface area (Å²) < 4.78 is 15.7. The molecule has 7 nitrogen and oxygen atoms in total. The molecular weight excluding hydrogens is 392 g/mol. The van der Waals surface area contributed by atoms with Crippen molar-refractivity contribution in [1.82, 2.24) is 5.16 Å². The van der Waals surface area contributed by atoms with Crippen molar-refractivity contribution in [3.63, 3.8) is 0 Å². The molecule has 0 saturated carbocycles. The lowest BCUT2D eigenvalue weighted by Crippen LogP contribution is -2.15. The van der Waals surface area contributed by atoms with E-state index in [9.17, 15) is 9.59 Å². The smallest absolute Gasteiger partial charge is 0.341 e. The molecular formula is C21H20N2O5S. The third-order valence-corrected chi connectivity index (χ3v) is 5.95. The van der Waals surface area contributed by atoms with Crippen LogP contribution in [0.25, 0.3) is 11.3 Å². The van der Waals surface area contributed by atoms with E-state index in [1.807, 2.05) is 12.1 Å². The highest BCUT2D eigenvalue weighted by Gasteiger charge is 2.29. The lowest BCUT2D eigenvalue weighted by Gasteiger charge is -2.06. The number of hydrogen-bond acceptors (Lipinski definition) is 7. The Bertz CT molecular complexity index is 1050. The first-order valence-electron chi connectivity index (χ1n) is 9.34. The first-order chi connectivity index (χ1) is 14.1. The molecule has 8 heteroatoms. The second-order valence-electron chi connectivity index (χ2n) is 6.54. The SMILES string of the molecule is CCOC(=O)c1c(NC(=O)c2cc(-c3ccc(OC)cc3)on2)sc2c1CCC2. The number of nitrogens with zero attached hydrogens (tertiary/aromatic N) is 1. The normalized spacial score (nSPS) is 12.5. The van der Waals surface area contributed by atoms with Crippen LogP contribution in [0, 0.1) is 0 Å². The van der Waals surface area contributed by atoms with Crippen molar-refractivity contribution in [2.24, 2.45) is 0 Å². The van der Waals surface area contributed by atoms with Crippen LogP contribution in [0.5, 0.6) is 5.75 Å². The Balaban J connectivity index is 1.56. The summed E-state index contributed by atoms with van der Waals surface area (Å²) in [5, 5.41) is 7.20. The summed E-state index contributed by atoms with van der Waals surface area (Å²) in [6.07, 6.45) is 2.74. The second kappa shape index (κ2) is 8.08. The van der Waals surface area contributed by atoms with Crippen LogP contribution < -0.4 is 10.1 Å². The maximum absolute atomic E-state index is 12.7. The number of carbonyl (C=O) groups excluding carboxylic acids is 2. The van der Waals surface area contributed by atoms with Gasteiger partial charge in [-0.2, -0.15) is 0 Å². The van der Waals surface area contributed by atoms with Gasteiger partial charge in [-0.3, -0.25) is 4.79 Å². The number of benzene rings is 1. The Morgan fingerprint density at radius 1 is 1.24 bits per heavy atom. The molecule has 1 amide bonds. The predicted octanol–water partition coefficient (Wildman–Crippen LogP) is 4.33. The van der Waals surface area contributed by atoms with Crippen LogP contribution in [0.3, 0.4) is 0 Å². The number of amides is 1. The Kier molecular flexibility index (Phi) is 5.35. The fourth-order valence-corrected chi connectivity index (χ4v) is 4.62. The van der Waals surface area contributed by atoms with Crippen molar-refractivity contribution >= 4 is 28.2 Å². The van der Waals surface area contributed by atoms with Crippen LogP contribution in [0.1, 0.15) is 44.6 Å². The molecule has 1 N–H and O–H groups in total. The zero-order valence-electron chi connectivity index (χ0n) is 16.1. The van der Waals surface area contributed by atoms with E-state index in [2.05, 4.69) is 10.5 Å². The second-order valence-corrected chi connectivity index (χ2v) is 7.65. The monoisotopic (exact) mass is 412 g/mol. The van der Waals surface area contributed by atoms with Gasteiger partial charge in [-0.1, -0.05) is 5.16 Å². The van der Waals surface area contributed by atoms with E-state index in [-0.39, 0.29) is 12.3 Å². The summed E-state index contributed by atoms with van der Waals surface area (Å²) >= 11 is 1.43. The maximum Gasteiger partial charge on any atom is 0.341 e. The van der Waals surface area contributed by atoms with Crippen LogP contribution in [-0.4, -0.2) is 30.7 Å². The van der Waals surface area contributed by atoms with Crippen LogP contribution in [0.4, 0.5) is 5.00 Å². The molecule has 0 unspecified atom stereocenters. The van der Waals surface area contributed by atoms with Crippen molar-refractivity contribution in [2.75, 3.05) is 19.0 Å². The third kappa shape index (κ3) is 3.75. The number of methoxy groups -OCH3 is 1. The molecule has 0 radical (unpaired) electrons. The van der Waals surface area contributed by atoms with Gasteiger partial charge in [0.25, 0.3) is 5.91 Å². The highest BCUT2D eigenvalue weighted by atomic mass is 32.1. The Morgan fingerprint density at radius 2 is 2.03 bits per heavy atom. The predicted molar refractivity (Wildman–Crippen MR) is 109 cm³/mol. The van der Waals surface area contributed by atoms with Gasteiger partial charge in [0.2, 0.25) is 0 Å². The van der Waals surface area contributed by atoms with Crippen LogP contribution in [0.2, 0.25) is 0 Å². The molecule has 0 saturated heterocycles. The van der Waals surface area contributed by atoms with Crippen LogP contribution in [-0.2, 0) is 17.6 Å². The van der Waals surface area contributed by atoms with E-state index in [1.54, 1.807) is 32.2 Å². The van der Waals surface area contributed by atoms with E-state index in [0.717, 1.165) is 41.0 Å². The summed E-state index contributed by atoms with van der Waals surface area (Å²) in [5.41, 5.74) is 2.37. The quantitative estimate of drug-likeness (QED) is 0.606. The van der Waals surface area contributed by atoms with E-state index in [4.69, 9.17) is 14.0 Å². The average Bonchev–Trinajstić information content (AvgIpc) is 3.44. The summed E-state index contributed by atoms with van der Waals surface area (Å²) in [6.45, 7) is 2.05. The molecule has 3 aromatic rings. The van der Waals surface area contributed by atoms with Gasteiger partial charge in [0.15, 0.2) is 11.5 Å². The summed E-state index contributed by atoms with van der Waals surface area (Å²) in [5.74, 6) is 0.362. The largest absolute Gasteiger partial charge is 0.497 e. The molecule has 2 heterocycles. The van der Waals surface area contributed by atoms with Crippen molar-refractivity contribution in [3.05, 3.63) is 52.0 Å². The fourth-order valence-electron chi connectivity index (χ4n) is 3.35. The Labute approximate surface area is 171 Å². The molecule has 150 valence electrons. The average molecular weight is 412 g/mol. The molecule has 0 aliphatic heterocycles. The summed E-state index contributed by atoms with van der Waals surface area (Å²) in [4.78, 5) is 26.3. The van der Waals surface area contributed by atoms with E-state index < -0.39 is 11.9 Å². The van der Waals surface area contributed by atoms with Crippen molar-refractivity contribution in [2.45, 2.75) is 26.2 Å². The van der Waals surface area contributed by atoms with Crippen LogP contribution >= 0.6 is 11.3 Å². The summed E-state index contributed by atoms with van der Waals surface area (Å²) in [6, 6.07) is 8.82. The van der Waals surface area contributed by atoms with Gasteiger partial charge in [0.05, 0.1) is 19.3 Å². The van der Waals surface area contributed by atoms with Crippen molar-refractivity contribution < 1.29 is 23.6 Å². The number of aromatic nitrogens is 1. The van der Waals surface area contributed by atoms with Crippen molar-refractivity contribution in [1.29, 1.82) is 0 Å². The standard InChI is InChI=1S/C21H20N2O5S/c1-3-27-21(25)18-14-5-4-6-17(14)29-20(18)22-19(24)15-11-16(28-23-15)12-7-9-13(26-2)10-8-12/h7-11H,3-6H2,1-2H3,(H,22,24). The molecule has 4 rings (SSSR count). The first-order valence-corrected chi connectivity index (χ1v) is 10.2. The van der Waals surface area contributed by atoms with Gasteiger partial charge in [-0.05, 0) is 56.0 Å². The number of fused-ring (bicyclic) bond motifs is 1. The number of anilines is 1. The first kappa shape index (κ1) is 19.2. The number of thiophene rings is 1. The maximum atomic E-state index is 12.7. The molecule has 2 aromatic heterocycles. The summed E-state index contributed by atoms with van der Waals surface area (Å²) in [7, 11) is 1.59. The molecule has 0 spiro atoms. The minimum absolute atomic E-state index is 0.138. The van der Waals surface area contributed by atoms with Gasteiger partial charge >= 0.3 is 5.97 Å². The Hall–Kier alpha value is -3.13. The fraction of sp³-hybridized carbons (Fsp3) is 0.286. The molecule has 29 heavy (non-hydrogen) atoms. The van der Waals surface area contributed by atoms with E-state index in [0.29, 0.717) is 16.3 Å². The van der Waals surface area contributed by atoms with Crippen LogP contribution in [0.15, 0.2) is 34.9 Å².